The number of alkyl halides is 3. The zero-order valence-corrected chi connectivity index (χ0v) is 46.7. The zero-order chi connectivity index (χ0) is 58.0. The van der Waals surface area contributed by atoms with Crippen molar-refractivity contribution in [1.29, 1.82) is 5.26 Å². The molecule has 0 radical (unpaired) electrons. The number of aromatic hydroxyl groups is 2. The monoisotopic (exact) mass is 1140 g/mol. The molecule has 4 aliphatic rings. The number of rotatable bonds is 15. The fourth-order valence-electron chi connectivity index (χ4n) is 11.6. The number of hydrogen-bond donors (Lipinski definition) is 3. The molecule has 10 rings (SSSR count). The molecule has 2 aromatic heterocycles. The Balaban J connectivity index is 0.802. The number of likely N-dealkylation sites (tertiary alicyclic amines) is 1. The van der Waals surface area contributed by atoms with Crippen LogP contribution in [0, 0.1) is 17.2 Å². The van der Waals surface area contributed by atoms with Gasteiger partial charge in [-0.2, -0.15) is 28.4 Å². The fraction of sp³-hybridized carbons (Fsp3) is 0.424. The predicted molar refractivity (Wildman–Crippen MR) is 303 cm³/mol. The number of carbonyl (C=O) groups is 3. The Kier molecular flexibility index (Phi) is 16.9. The molecule has 2 unspecified atom stereocenters. The number of halogens is 4. The van der Waals surface area contributed by atoms with E-state index < -0.39 is 24.5 Å². The molecular weight excluding hydrogens is 1080 g/mol. The van der Waals surface area contributed by atoms with Gasteiger partial charge in [0.25, 0.3) is 5.91 Å². The second-order valence-corrected chi connectivity index (χ2v) is 22.2. The first-order valence-electron chi connectivity index (χ1n) is 27.5. The van der Waals surface area contributed by atoms with Gasteiger partial charge in [-0.1, -0.05) is 68.4 Å². The third-order valence-electron chi connectivity index (χ3n) is 16.1. The zero-order valence-electron chi connectivity index (χ0n) is 45.9. The number of anilines is 2. The van der Waals surface area contributed by atoms with Crippen LogP contribution in [0.2, 0.25) is 5.02 Å². The number of phenols is 2. The van der Waals surface area contributed by atoms with E-state index in [2.05, 4.69) is 48.5 Å². The van der Waals surface area contributed by atoms with E-state index in [-0.39, 0.29) is 77.7 Å². The van der Waals surface area contributed by atoms with Crippen molar-refractivity contribution in [2.45, 2.75) is 76.8 Å². The van der Waals surface area contributed by atoms with Crippen LogP contribution in [0.3, 0.4) is 0 Å². The van der Waals surface area contributed by atoms with Gasteiger partial charge in [0.2, 0.25) is 17.6 Å². The Morgan fingerprint density at radius 3 is 2.39 bits per heavy atom. The largest absolute Gasteiger partial charge is 0.508 e. The van der Waals surface area contributed by atoms with E-state index in [1.54, 1.807) is 17.0 Å². The normalized spacial score (nSPS) is 18.4. The van der Waals surface area contributed by atoms with E-state index in [4.69, 9.17) is 26.3 Å². The molecule has 3 N–H and O–H groups in total. The summed E-state index contributed by atoms with van der Waals surface area (Å²) in [4.78, 5) is 63.0. The van der Waals surface area contributed by atoms with E-state index in [0.717, 1.165) is 45.2 Å². The number of amides is 3. The first kappa shape index (κ1) is 57.2. The molecule has 23 heteroatoms. The molecule has 2 atom stereocenters. The lowest BCUT2D eigenvalue weighted by molar-refractivity contribution is -0.140. The Morgan fingerprint density at radius 2 is 1.67 bits per heavy atom. The minimum atomic E-state index is -4.67. The van der Waals surface area contributed by atoms with Crippen LogP contribution in [0.5, 0.6) is 17.5 Å². The number of carbonyl (C=O) groups excluding carboxylic acids is 3. The van der Waals surface area contributed by atoms with Crippen LogP contribution < -0.4 is 19.9 Å². The minimum Gasteiger partial charge on any atom is -0.508 e. The standard InChI is InChI=1S/C59H65ClF3N13O6/c1-5-51(79)75-27-26-73(31-41(75)16-20-64)53-43-19-23-72(48-11-7-9-38-8-6-10-46(60)52(38)48)33-47(43)66-58(67-53)82-34-42-32-74(25-24-70(42)4)57(81)39-17-21-71(22-18-39)30-37-12-14-40(15-13-37)76-54(45-28-44(36(2)3)49(77)29-50(45)78)68-69-55(76)56(80)65-35-59(61,62)63/h5-15,28-29,36,39,41-42,77-78H,1,16-19,21-27,30-35H2,2-4H3,(H,65,80). The van der Waals surface area contributed by atoms with Gasteiger partial charge in [0.15, 0.2) is 5.82 Å². The van der Waals surface area contributed by atoms with Gasteiger partial charge in [-0.15, -0.1) is 10.2 Å². The summed E-state index contributed by atoms with van der Waals surface area (Å²) < 4.78 is 47.4. The summed E-state index contributed by atoms with van der Waals surface area (Å²) in [5, 5.41) is 43.9. The second kappa shape index (κ2) is 24.2. The number of hydrogen-bond acceptors (Lipinski definition) is 15. The van der Waals surface area contributed by atoms with E-state index in [1.807, 2.05) is 73.6 Å². The average Bonchev–Trinajstić information content (AvgIpc) is 4.11. The first-order valence-corrected chi connectivity index (χ1v) is 27.9. The van der Waals surface area contributed by atoms with Crippen LogP contribution in [-0.2, 0) is 29.1 Å². The van der Waals surface area contributed by atoms with Gasteiger partial charge in [0, 0.05) is 86.7 Å². The van der Waals surface area contributed by atoms with E-state index in [9.17, 15) is 43.0 Å². The van der Waals surface area contributed by atoms with Crippen LogP contribution in [-0.4, -0.2) is 170 Å². The molecule has 3 saturated heterocycles. The van der Waals surface area contributed by atoms with Crippen LogP contribution in [0.1, 0.15) is 72.0 Å². The van der Waals surface area contributed by atoms with Crippen LogP contribution in [0.25, 0.3) is 27.8 Å². The lowest BCUT2D eigenvalue weighted by atomic mass is 9.94. The van der Waals surface area contributed by atoms with Gasteiger partial charge in [-0.05, 0) is 98.2 Å². The molecule has 0 bridgehead atoms. The highest BCUT2D eigenvalue weighted by Crippen LogP contribution is 2.40. The first-order chi connectivity index (χ1) is 39.4. The summed E-state index contributed by atoms with van der Waals surface area (Å²) in [6, 6.07) is 23.7. The molecule has 0 saturated carbocycles. The van der Waals surface area contributed by atoms with Crippen molar-refractivity contribution in [1.82, 2.24) is 49.6 Å². The van der Waals surface area contributed by atoms with E-state index >= 15 is 0 Å². The van der Waals surface area contributed by atoms with Gasteiger partial charge in [-0.25, -0.2) is 0 Å². The molecule has 430 valence electrons. The lowest BCUT2D eigenvalue weighted by Crippen LogP contribution is -2.57. The maximum absolute atomic E-state index is 14.3. The van der Waals surface area contributed by atoms with Crippen LogP contribution in [0.15, 0.2) is 85.5 Å². The van der Waals surface area contributed by atoms with Gasteiger partial charge in [0.05, 0.1) is 47.4 Å². The van der Waals surface area contributed by atoms with E-state index in [1.165, 1.54) is 16.7 Å². The molecule has 6 heterocycles. The molecule has 82 heavy (non-hydrogen) atoms. The van der Waals surface area contributed by atoms with Gasteiger partial charge in [-0.3, -0.25) is 28.8 Å². The average molecular weight is 1140 g/mol. The minimum absolute atomic E-state index is 0.0116. The number of aromatic nitrogens is 5. The number of likely N-dealkylation sites (N-methyl/N-ethyl adjacent to an activating group) is 1. The van der Waals surface area contributed by atoms with Crippen LogP contribution in [0.4, 0.5) is 24.7 Å². The number of nitrogens with zero attached hydrogens (tertiary/aromatic N) is 12. The molecule has 0 aliphatic carbocycles. The summed E-state index contributed by atoms with van der Waals surface area (Å²) in [6.45, 7) is 12.0. The van der Waals surface area contributed by atoms with Crippen molar-refractivity contribution in [3.63, 3.8) is 0 Å². The maximum atomic E-state index is 14.3. The summed E-state index contributed by atoms with van der Waals surface area (Å²) in [6.07, 6.45) is -1.29. The third kappa shape index (κ3) is 12.3. The second-order valence-electron chi connectivity index (χ2n) is 21.7. The number of benzene rings is 4. The van der Waals surface area contributed by atoms with Crippen molar-refractivity contribution < 1.29 is 42.5 Å². The number of piperazine rings is 2. The van der Waals surface area contributed by atoms with Gasteiger partial charge < -0.3 is 39.9 Å². The highest BCUT2D eigenvalue weighted by atomic mass is 35.5. The lowest BCUT2D eigenvalue weighted by Gasteiger charge is -2.42. The van der Waals surface area contributed by atoms with Crippen molar-refractivity contribution in [2.24, 2.45) is 5.92 Å². The summed E-state index contributed by atoms with van der Waals surface area (Å²) >= 11 is 6.82. The Bertz CT molecular complexity index is 3410. The van der Waals surface area contributed by atoms with E-state index in [0.29, 0.717) is 108 Å². The van der Waals surface area contributed by atoms with Crippen molar-refractivity contribution in [2.75, 3.05) is 88.9 Å². The Hall–Kier alpha value is -8.00. The maximum Gasteiger partial charge on any atom is 0.405 e. The topological polar surface area (TPSA) is 213 Å². The van der Waals surface area contributed by atoms with Gasteiger partial charge in [0.1, 0.15) is 30.5 Å². The molecule has 3 fully saturated rings. The summed E-state index contributed by atoms with van der Waals surface area (Å²) in [5.41, 5.74) is 4.68. The third-order valence-corrected chi connectivity index (χ3v) is 16.4. The number of nitrogens with one attached hydrogen (secondary N) is 1. The van der Waals surface area contributed by atoms with Crippen molar-refractivity contribution >= 4 is 51.6 Å². The number of phenolic OH excluding ortho intramolecular Hbond substituents is 2. The molecular formula is C59H65ClF3N13O6. The molecule has 4 aliphatic heterocycles. The predicted octanol–water partition coefficient (Wildman–Crippen LogP) is 7.47. The van der Waals surface area contributed by atoms with Crippen LogP contribution >= 0.6 is 11.6 Å². The number of piperidine rings is 1. The summed E-state index contributed by atoms with van der Waals surface area (Å²) in [7, 11) is 2.02. The molecule has 0 spiro atoms. The van der Waals surface area contributed by atoms with Crippen molar-refractivity contribution in [3.8, 4) is 40.7 Å². The smallest absolute Gasteiger partial charge is 0.405 e. The number of ether oxygens (including phenoxy) is 1. The molecule has 6 aromatic rings. The van der Waals surface area contributed by atoms with Crippen molar-refractivity contribution in [3.05, 3.63) is 119 Å². The van der Waals surface area contributed by atoms with Gasteiger partial charge >= 0.3 is 12.2 Å². The molecule has 19 nitrogen and oxygen atoms in total. The molecule has 3 amide bonds. The number of nitriles is 1. The fourth-order valence-corrected chi connectivity index (χ4v) is 11.9. The Morgan fingerprint density at radius 1 is 0.915 bits per heavy atom. The highest BCUT2D eigenvalue weighted by Gasteiger charge is 2.37. The Labute approximate surface area is 478 Å². The molecule has 4 aromatic carbocycles. The number of fused-ring (bicyclic) bond motifs is 2. The SMILES string of the molecule is C=CC(=O)N1CCN(c2nc(OCC3CN(C(=O)C4CCN(Cc5ccc(-n6c(C(=O)NCC(F)(F)F)nnc6-c6cc(C(C)C)c(O)cc6O)cc5)CC4)CCN3C)nc3c2CCN(c2cccc4cccc(Cl)c24)C3)CC1CC#N. The quantitative estimate of drug-likeness (QED) is 0.0852. The highest BCUT2D eigenvalue weighted by molar-refractivity contribution is 6.36. The summed E-state index contributed by atoms with van der Waals surface area (Å²) in [5.74, 6) is -1.80.